The lowest BCUT2D eigenvalue weighted by atomic mass is 10.0. The predicted octanol–water partition coefficient (Wildman–Crippen LogP) is -0.0536. The smallest absolute Gasteiger partial charge is 0.407 e. The third-order valence-electron chi connectivity index (χ3n) is 2.09. The predicted molar refractivity (Wildman–Crippen MR) is 44.3 cm³/mol. The molecule has 1 fully saturated rings. The molecule has 13 heavy (non-hydrogen) atoms. The van der Waals surface area contributed by atoms with E-state index in [4.69, 9.17) is 4.74 Å². The van der Waals surface area contributed by atoms with Crippen LogP contribution in [0.1, 0.15) is 6.42 Å². The molecule has 1 aliphatic heterocycles. The van der Waals surface area contributed by atoms with E-state index in [-0.39, 0.29) is 5.92 Å². The quantitative estimate of drug-likeness (QED) is 0.629. The molecular formula is C8H13NO4. The summed E-state index contributed by atoms with van der Waals surface area (Å²) in [6.07, 6.45) is 0.938. The number of methoxy groups -OCH3 is 1. The van der Waals surface area contributed by atoms with Crippen molar-refractivity contribution in [1.29, 1.82) is 0 Å². The zero-order valence-corrected chi connectivity index (χ0v) is 7.49. The third-order valence-corrected chi connectivity index (χ3v) is 2.09. The Morgan fingerprint density at radius 2 is 2.54 bits per heavy atom. The summed E-state index contributed by atoms with van der Waals surface area (Å²) in [5.41, 5.74) is 0. The molecule has 0 aromatic rings. The SMILES string of the molecule is COC(=O)NC(C=O)C1CCOC1. The lowest BCUT2D eigenvalue weighted by molar-refractivity contribution is -0.110. The fourth-order valence-corrected chi connectivity index (χ4v) is 1.29. The minimum atomic E-state index is -0.580. The number of carbonyl (C=O) groups is 2. The van der Waals surface area contributed by atoms with E-state index < -0.39 is 12.1 Å². The van der Waals surface area contributed by atoms with E-state index in [0.29, 0.717) is 13.2 Å². The summed E-state index contributed by atoms with van der Waals surface area (Å²) in [5, 5.41) is 2.45. The first kappa shape index (κ1) is 9.98. The van der Waals surface area contributed by atoms with Gasteiger partial charge in [-0.15, -0.1) is 0 Å². The first-order valence-electron chi connectivity index (χ1n) is 4.15. The summed E-state index contributed by atoms with van der Waals surface area (Å²) >= 11 is 0. The molecule has 0 aromatic carbocycles. The Hall–Kier alpha value is -1.10. The highest BCUT2D eigenvalue weighted by molar-refractivity contribution is 5.73. The maximum absolute atomic E-state index is 10.8. The van der Waals surface area contributed by atoms with Crippen molar-refractivity contribution in [3.63, 3.8) is 0 Å². The number of hydrogen-bond acceptors (Lipinski definition) is 4. The topological polar surface area (TPSA) is 64.6 Å². The molecule has 0 aromatic heterocycles. The molecular weight excluding hydrogens is 174 g/mol. The summed E-state index contributed by atoms with van der Waals surface area (Å²) < 4.78 is 9.50. The second-order valence-electron chi connectivity index (χ2n) is 2.92. The third kappa shape index (κ3) is 2.69. The van der Waals surface area contributed by atoms with Crippen LogP contribution in [-0.2, 0) is 14.3 Å². The number of aldehydes is 1. The fourth-order valence-electron chi connectivity index (χ4n) is 1.29. The maximum atomic E-state index is 10.8. The Morgan fingerprint density at radius 3 is 3.00 bits per heavy atom. The summed E-state index contributed by atoms with van der Waals surface area (Å²) in [5.74, 6) is 0.0802. The molecule has 1 aliphatic rings. The van der Waals surface area contributed by atoms with Crippen LogP contribution in [0.15, 0.2) is 0 Å². The van der Waals surface area contributed by atoms with Gasteiger partial charge in [0.1, 0.15) is 6.29 Å². The molecule has 5 nitrogen and oxygen atoms in total. The summed E-state index contributed by atoms with van der Waals surface area (Å²) in [4.78, 5) is 21.4. The molecule has 2 atom stereocenters. The van der Waals surface area contributed by atoms with Crippen LogP contribution >= 0.6 is 0 Å². The van der Waals surface area contributed by atoms with Gasteiger partial charge in [0.05, 0.1) is 19.8 Å². The van der Waals surface area contributed by atoms with Crippen molar-refractivity contribution in [1.82, 2.24) is 5.32 Å². The van der Waals surface area contributed by atoms with Crippen molar-refractivity contribution in [3.05, 3.63) is 0 Å². The van der Waals surface area contributed by atoms with Gasteiger partial charge < -0.3 is 19.6 Å². The second kappa shape index (κ2) is 4.81. The minimum absolute atomic E-state index is 0.0802. The van der Waals surface area contributed by atoms with E-state index in [1.807, 2.05) is 0 Å². The van der Waals surface area contributed by atoms with Crippen molar-refractivity contribution in [2.45, 2.75) is 12.5 Å². The average molecular weight is 187 g/mol. The van der Waals surface area contributed by atoms with Crippen LogP contribution in [0.25, 0.3) is 0 Å². The molecule has 0 bridgehead atoms. The van der Waals surface area contributed by atoms with Gasteiger partial charge in [0.2, 0.25) is 0 Å². The van der Waals surface area contributed by atoms with Crippen LogP contribution in [0.3, 0.4) is 0 Å². The van der Waals surface area contributed by atoms with E-state index >= 15 is 0 Å². The van der Waals surface area contributed by atoms with Crippen LogP contribution in [0.2, 0.25) is 0 Å². The number of rotatable bonds is 3. The Labute approximate surface area is 76.4 Å². The Morgan fingerprint density at radius 1 is 1.77 bits per heavy atom. The van der Waals surface area contributed by atoms with Gasteiger partial charge in [-0.1, -0.05) is 0 Å². The minimum Gasteiger partial charge on any atom is -0.453 e. The number of amides is 1. The lowest BCUT2D eigenvalue weighted by Crippen LogP contribution is -2.41. The van der Waals surface area contributed by atoms with Gasteiger partial charge in [0.25, 0.3) is 0 Å². The highest BCUT2D eigenvalue weighted by atomic mass is 16.5. The standard InChI is InChI=1S/C8H13NO4/c1-12-8(11)9-7(4-10)6-2-3-13-5-6/h4,6-7H,2-3,5H2,1H3,(H,9,11). The zero-order valence-electron chi connectivity index (χ0n) is 7.49. The van der Waals surface area contributed by atoms with Crippen molar-refractivity contribution in [2.75, 3.05) is 20.3 Å². The van der Waals surface area contributed by atoms with Crippen molar-refractivity contribution >= 4 is 12.4 Å². The van der Waals surface area contributed by atoms with Gasteiger partial charge in [-0.05, 0) is 6.42 Å². The van der Waals surface area contributed by atoms with Gasteiger partial charge in [0, 0.05) is 12.5 Å². The number of hydrogen-bond donors (Lipinski definition) is 1. The summed E-state index contributed by atoms with van der Waals surface area (Å²) in [7, 11) is 1.27. The second-order valence-corrected chi connectivity index (χ2v) is 2.92. The van der Waals surface area contributed by atoms with Crippen LogP contribution < -0.4 is 5.32 Å². The molecule has 0 spiro atoms. The normalized spacial score (nSPS) is 23.6. The fraction of sp³-hybridized carbons (Fsp3) is 0.750. The van der Waals surface area contributed by atoms with Crippen molar-refractivity contribution < 1.29 is 19.1 Å². The summed E-state index contributed by atoms with van der Waals surface area (Å²) in [6, 6.07) is -0.491. The van der Waals surface area contributed by atoms with Crippen molar-refractivity contribution in [2.24, 2.45) is 5.92 Å². The van der Waals surface area contributed by atoms with Gasteiger partial charge >= 0.3 is 6.09 Å². The lowest BCUT2D eigenvalue weighted by Gasteiger charge is -2.16. The number of nitrogens with one attached hydrogen (secondary N) is 1. The zero-order chi connectivity index (χ0) is 9.68. The first-order valence-corrected chi connectivity index (χ1v) is 4.15. The molecule has 0 aliphatic carbocycles. The Balaban J connectivity index is 2.41. The monoisotopic (exact) mass is 187 g/mol. The average Bonchev–Trinajstić information content (AvgIpc) is 2.66. The van der Waals surface area contributed by atoms with E-state index in [1.165, 1.54) is 7.11 Å². The Bertz CT molecular complexity index is 189. The first-order chi connectivity index (χ1) is 6.27. The van der Waals surface area contributed by atoms with E-state index in [9.17, 15) is 9.59 Å². The molecule has 0 radical (unpaired) electrons. The molecule has 0 saturated carbocycles. The van der Waals surface area contributed by atoms with Gasteiger partial charge in [-0.3, -0.25) is 0 Å². The highest BCUT2D eigenvalue weighted by Crippen LogP contribution is 2.15. The summed E-state index contributed by atoms with van der Waals surface area (Å²) in [6.45, 7) is 1.17. The van der Waals surface area contributed by atoms with E-state index in [1.54, 1.807) is 0 Å². The van der Waals surface area contributed by atoms with Crippen LogP contribution in [0, 0.1) is 5.92 Å². The van der Waals surface area contributed by atoms with Crippen LogP contribution in [0.5, 0.6) is 0 Å². The van der Waals surface area contributed by atoms with Gasteiger partial charge in [0.15, 0.2) is 0 Å². The molecule has 1 rings (SSSR count). The van der Waals surface area contributed by atoms with Gasteiger partial charge in [-0.25, -0.2) is 4.79 Å². The Kier molecular flexibility index (Phi) is 3.70. The number of carbonyl (C=O) groups excluding carboxylic acids is 2. The largest absolute Gasteiger partial charge is 0.453 e. The van der Waals surface area contributed by atoms with E-state index in [2.05, 4.69) is 10.1 Å². The maximum Gasteiger partial charge on any atom is 0.407 e. The molecule has 1 amide bonds. The number of alkyl carbamates (subject to hydrolysis) is 1. The van der Waals surface area contributed by atoms with Crippen LogP contribution in [-0.4, -0.2) is 38.7 Å². The highest BCUT2D eigenvalue weighted by Gasteiger charge is 2.26. The molecule has 74 valence electrons. The van der Waals surface area contributed by atoms with Gasteiger partial charge in [-0.2, -0.15) is 0 Å². The van der Waals surface area contributed by atoms with Crippen LogP contribution in [0.4, 0.5) is 4.79 Å². The number of ether oxygens (including phenoxy) is 2. The van der Waals surface area contributed by atoms with Crippen molar-refractivity contribution in [3.8, 4) is 0 Å². The molecule has 2 unspecified atom stereocenters. The molecule has 1 heterocycles. The molecule has 1 saturated heterocycles. The molecule has 5 heteroatoms. The van der Waals surface area contributed by atoms with E-state index in [0.717, 1.165) is 12.7 Å². The molecule has 1 N–H and O–H groups in total.